The van der Waals surface area contributed by atoms with E-state index in [0.717, 1.165) is 16.9 Å². The molecule has 0 radical (unpaired) electrons. The quantitative estimate of drug-likeness (QED) is 0.789. The van der Waals surface area contributed by atoms with Gasteiger partial charge in [-0.2, -0.15) is 0 Å². The molecule has 0 aromatic carbocycles. The third kappa shape index (κ3) is 2.21. The van der Waals surface area contributed by atoms with Gasteiger partial charge in [-0.3, -0.25) is 4.79 Å². The number of hydrogen-bond donors (Lipinski definition) is 3. The van der Waals surface area contributed by atoms with Crippen molar-refractivity contribution in [3.05, 3.63) is 18.6 Å². The van der Waals surface area contributed by atoms with E-state index in [1.54, 1.807) is 6.20 Å². The van der Waals surface area contributed by atoms with Crippen LogP contribution in [0, 0.1) is 5.41 Å². The van der Waals surface area contributed by atoms with Crippen molar-refractivity contribution in [2.45, 2.75) is 32.3 Å². The molecule has 7 nitrogen and oxygen atoms in total. The lowest BCUT2D eigenvalue weighted by atomic mass is 9.74. The van der Waals surface area contributed by atoms with Crippen LogP contribution >= 0.6 is 0 Å². The summed E-state index contributed by atoms with van der Waals surface area (Å²) in [4.78, 5) is 25.3. The minimum atomic E-state index is -1.14. The average Bonchev–Trinajstić information content (AvgIpc) is 2.98. The summed E-state index contributed by atoms with van der Waals surface area (Å²) in [6, 6.07) is 1.89. The molecule has 3 N–H and O–H groups in total. The first kappa shape index (κ1) is 14.8. The first-order valence-corrected chi connectivity index (χ1v) is 7.53. The van der Waals surface area contributed by atoms with Gasteiger partial charge in [-0.1, -0.05) is 13.3 Å². The molecule has 0 bridgehead atoms. The Morgan fingerprint density at radius 3 is 3.09 bits per heavy atom. The highest BCUT2D eigenvalue weighted by atomic mass is 16.4. The largest absolute Gasteiger partial charge is 0.481 e. The van der Waals surface area contributed by atoms with Gasteiger partial charge in [0.25, 0.3) is 0 Å². The van der Waals surface area contributed by atoms with E-state index < -0.39 is 17.5 Å². The van der Waals surface area contributed by atoms with Gasteiger partial charge in [0.15, 0.2) is 0 Å². The fourth-order valence-electron chi connectivity index (χ4n) is 3.38. The Kier molecular flexibility index (Phi) is 3.74. The number of hydrogen-bond acceptors (Lipinski definition) is 5. The molecule has 1 fully saturated rings. The number of nitrogens with one attached hydrogen (secondary N) is 1. The number of H-pyrrole nitrogens is 1. The van der Waals surface area contributed by atoms with Crippen molar-refractivity contribution < 1.29 is 15.0 Å². The number of carboxylic acid groups (broad SMARTS) is 1. The van der Waals surface area contributed by atoms with Crippen LogP contribution in [0.15, 0.2) is 18.6 Å². The van der Waals surface area contributed by atoms with Gasteiger partial charge < -0.3 is 20.1 Å². The van der Waals surface area contributed by atoms with E-state index >= 15 is 0 Å². The Labute approximate surface area is 128 Å². The van der Waals surface area contributed by atoms with Crippen LogP contribution in [-0.2, 0) is 4.79 Å². The van der Waals surface area contributed by atoms with E-state index in [0.29, 0.717) is 25.8 Å². The van der Waals surface area contributed by atoms with Crippen LogP contribution in [0.5, 0.6) is 0 Å². The summed E-state index contributed by atoms with van der Waals surface area (Å²) in [6.07, 6.45) is 4.01. The van der Waals surface area contributed by atoms with Gasteiger partial charge in [-0.25, -0.2) is 9.97 Å². The van der Waals surface area contributed by atoms with Crippen LogP contribution in [0.2, 0.25) is 0 Å². The summed E-state index contributed by atoms with van der Waals surface area (Å²) < 4.78 is 0. The molecule has 3 heterocycles. The highest BCUT2D eigenvalue weighted by Gasteiger charge is 2.48. The number of aliphatic carboxylic acids is 1. The Hall–Kier alpha value is -2.15. The normalized spacial score (nSPS) is 25.5. The summed E-state index contributed by atoms with van der Waals surface area (Å²) in [7, 11) is 0. The number of aromatic amines is 1. The second-order valence-corrected chi connectivity index (χ2v) is 5.87. The van der Waals surface area contributed by atoms with Crippen molar-refractivity contribution >= 4 is 22.8 Å². The maximum absolute atomic E-state index is 11.8. The van der Waals surface area contributed by atoms with Crippen LogP contribution in [0.4, 0.5) is 5.82 Å². The Morgan fingerprint density at radius 2 is 2.36 bits per heavy atom. The number of carbonyl (C=O) groups is 1. The summed E-state index contributed by atoms with van der Waals surface area (Å²) >= 11 is 0. The average molecular weight is 304 g/mol. The highest BCUT2D eigenvalue weighted by Crippen LogP contribution is 2.38. The molecule has 0 spiro atoms. The predicted molar refractivity (Wildman–Crippen MR) is 81.7 cm³/mol. The Bertz CT molecular complexity index is 686. The topological polar surface area (TPSA) is 102 Å². The van der Waals surface area contributed by atoms with Gasteiger partial charge in [0.05, 0.1) is 11.5 Å². The Balaban J connectivity index is 1.99. The van der Waals surface area contributed by atoms with E-state index in [1.165, 1.54) is 6.33 Å². The molecule has 0 amide bonds. The molecule has 118 valence electrons. The molecular formula is C15H20N4O3. The fourth-order valence-corrected chi connectivity index (χ4v) is 3.38. The van der Waals surface area contributed by atoms with Crippen LogP contribution in [0.3, 0.4) is 0 Å². The first-order chi connectivity index (χ1) is 10.6. The maximum atomic E-state index is 11.8. The minimum Gasteiger partial charge on any atom is -0.481 e. The van der Waals surface area contributed by atoms with Crippen molar-refractivity contribution in [3.63, 3.8) is 0 Å². The summed E-state index contributed by atoms with van der Waals surface area (Å²) in [5.41, 5.74) is -0.409. The Morgan fingerprint density at radius 1 is 1.55 bits per heavy atom. The molecule has 2 atom stereocenters. The van der Waals surface area contributed by atoms with Gasteiger partial charge in [0, 0.05) is 19.3 Å². The number of fused-ring (bicyclic) bond motifs is 1. The lowest BCUT2D eigenvalue weighted by Gasteiger charge is -2.43. The number of nitrogens with zero attached hydrogens (tertiary/aromatic N) is 3. The van der Waals surface area contributed by atoms with E-state index in [-0.39, 0.29) is 6.54 Å². The van der Waals surface area contributed by atoms with Gasteiger partial charge in [0.1, 0.15) is 23.2 Å². The standard InChI is InChI=1S/C15H20N4O3/c1-2-5-15(14(21)22)8-19(7-4-11(15)20)13-10-3-6-16-12(10)17-9-18-13/h3,6,9,11,20H,2,4-5,7-8H2,1H3,(H,21,22)(H,16,17,18)/t11-,15+/m0/s1. The molecule has 0 unspecified atom stereocenters. The second-order valence-electron chi connectivity index (χ2n) is 5.87. The van der Waals surface area contributed by atoms with Gasteiger partial charge in [0.2, 0.25) is 0 Å². The van der Waals surface area contributed by atoms with E-state index in [1.807, 2.05) is 17.9 Å². The number of carboxylic acids is 1. The number of anilines is 1. The van der Waals surface area contributed by atoms with Gasteiger partial charge in [-0.05, 0) is 18.9 Å². The summed E-state index contributed by atoms with van der Waals surface area (Å²) in [5, 5.41) is 20.9. The zero-order valence-electron chi connectivity index (χ0n) is 12.5. The van der Waals surface area contributed by atoms with Crippen molar-refractivity contribution in [2.75, 3.05) is 18.0 Å². The first-order valence-electron chi connectivity index (χ1n) is 7.53. The van der Waals surface area contributed by atoms with Crippen molar-refractivity contribution in [1.82, 2.24) is 15.0 Å². The van der Waals surface area contributed by atoms with E-state index in [9.17, 15) is 15.0 Å². The van der Waals surface area contributed by atoms with Crippen LogP contribution in [0.1, 0.15) is 26.2 Å². The molecule has 1 aliphatic rings. The van der Waals surface area contributed by atoms with Gasteiger partial charge in [-0.15, -0.1) is 0 Å². The zero-order valence-corrected chi connectivity index (χ0v) is 12.5. The predicted octanol–water partition coefficient (Wildman–Crippen LogP) is 1.40. The van der Waals surface area contributed by atoms with E-state index in [4.69, 9.17) is 0 Å². The third-order valence-corrected chi connectivity index (χ3v) is 4.54. The number of rotatable bonds is 4. The number of piperidine rings is 1. The van der Waals surface area contributed by atoms with Crippen molar-refractivity contribution in [3.8, 4) is 0 Å². The molecule has 0 saturated carbocycles. The molecule has 2 aromatic heterocycles. The van der Waals surface area contributed by atoms with Crippen LogP contribution < -0.4 is 4.90 Å². The lowest BCUT2D eigenvalue weighted by Crippen LogP contribution is -2.56. The zero-order chi connectivity index (χ0) is 15.7. The molecular weight excluding hydrogens is 284 g/mol. The molecule has 3 rings (SSSR count). The molecule has 0 aliphatic carbocycles. The van der Waals surface area contributed by atoms with Crippen molar-refractivity contribution in [1.29, 1.82) is 0 Å². The SMILES string of the molecule is CCC[C@@]1(C(=O)O)CN(c2ncnc3[nH]ccc23)CC[C@@H]1O. The van der Waals surface area contributed by atoms with Gasteiger partial charge >= 0.3 is 5.97 Å². The molecule has 22 heavy (non-hydrogen) atoms. The molecule has 1 aliphatic heterocycles. The van der Waals surface area contributed by atoms with E-state index in [2.05, 4.69) is 15.0 Å². The second kappa shape index (κ2) is 5.57. The smallest absolute Gasteiger partial charge is 0.314 e. The third-order valence-electron chi connectivity index (χ3n) is 4.54. The fraction of sp³-hybridized carbons (Fsp3) is 0.533. The monoisotopic (exact) mass is 304 g/mol. The van der Waals surface area contributed by atoms with Crippen LogP contribution in [0.25, 0.3) is 11.0 Å². The number of aliphatic hydroxyl groups excluding tert-OH is 1. The number of aromatic nitrogens is 3. The molecule has 2 aromatic rings. The molecule has 1 saturated heterocycles. The van der Waals surface area contributed by atoms with Crippen molar-refractivity contribution in [2.24, 2.45) is 5.41 Å². The summed E-state index contributed by atoms with van der Waals surface area (Å²) in [5.74, 6) is -0.217. The van der Waals surface area contributed by atoms with Crippen LogP contribution in [-0.4, -0.2) is 50.3 Å². The number of aliphatic hydroxyl groups is 1. The summed E-state index contributed by atoms with van der Waals surface area (Å²) in [6.45, 7) is 2.78. The minimum absolute atomic E-state index is 0.259. The molecule has 7 heteroatoms. The lowest BCUT2D eigenvalue weighted by molar-refractivity contribution is -0.158. The maximum Gasteiger partial charge on any atom is 0.314 e. The highest BCUT2D eigenvalue weighted by molar-refractivity contribution is 5.88.